The molecule has 2 nitrogen and oxygen atoms in total. The molecule has 0 fully saturated rings. The first kappa shape index (κ1) is 12.7. The van der Waals surface area contributed by atoms with Crippen LogP contribution in [0.25, 0.3) is 0 Å². The average molecular weight is 227 g/mol. The summed E-state index contributed by atoms with van der Waals surface area (Å²) in [5.41, 5.74) is 0. The molecule has 0 saturated carbocycles. The molecule has 86 valence electrons. The van der Waals surface area contributed by atoms with Crippen LogP contribution in [0.3, 0.4) is 0 Å². The van der Waals surface area contributed by atoms with E-state index < -0.39 is 0 Å². The summed E-state index contributed by atoms with van der Waals surface area (Å²) >= 11 is 1.76. The normalized spacial score (nSPS) is 12.9. The molecule has 0 saturated heterocycles. The second-order valence-electron chi connectivity index (χ2n) is 3.61. The zero-order valence-electron chi connectivity index (χ0n) is 9.66. The van der Waals surface area contributed by atoms with E-state index in [1.807, 2.05) is 0 Å². The van der Waals surface area contributed by atoms with Crippen LogP contribution in [-0.2, 0) is 11.3 Å². The lowest BCUT2D eigenvalue weighted by atomic mass is 10.2. The van der Waals surface area contributed by atoms with Crippen LogP contribution < -0.4 is 5.32 Å². The van der Waals surface area contributed by atoms with Crippen molar-refractivity contribution >= 4 is 11.3 Å². The van der Waals surface area contributed by atoms with E-state index >= 15 is 0 Å². The predicted molar refractivity (Wildman–Crippen MR) is 66.3 cm³/mol. The molecule has 15 heavy (non-hydrogen) atoms. The summed E-state index contributed by atoms with van der Waals surface area (Å²) in [5, 5.41) is 5.44. The van der Waals surface area contributed by atoms with E-state index in [4.69, 9.17) is 4.74 Å². The van der Waals surface area contributed by atoms with Crippen LogP contribution >= 0.6 is 11.3 Å². The van der Waals surface area contributed by atoms with Crippen molar-refractivity contribution in [3.63, 3.8) is 0 Å². The van der Waals surface area contributed by atoms with Crippen molar-refractivity contribution in [1.29, 1.82) is 0 Å². The Bertz CT molecular complexity index is 236. The smallest absolute Gasteiger partial charge is 0.0813 e. The quantitative estimate of drug-likeness (QED) is 0.737. The van der Waals surface area contributed by atoms with Crippen LogP contribution in [0.4, 0.5) is 0 Å². The van der Waals surface area contributed by atoms with Gasteiger partial charge in [0.2, 0.25) is 0 Å². The SMILES string of the molecule is CCCC(CNCC)OCc1cccs1. The van der Waals surface area contributed by atoms with Crippen molar-refractivity contribution in [2.24, 2.45) is 0 Å². The van der Waals surface area contributed by atoms with Crippen LogP contribution in [0.1, 0.15) is 31.6 Å². The summed E-state index contributed by atoms with van der Waals surface area (Å²) in [5.74, 6) is 0. The minimum Gasteiger partial charge on any atom is -0.371 e. The Balaban J connectivity index is 2.24. The molecule has 0 spiro atoms. The molecule has 1 atom stereocenters. The molecule has 0 aromatic carbocycles. The molecular formula is C12H21NOS. The standard InChI is InChI=1S/C12H21NOS/c1-3-6-11(9-13-4-2)14-10-12-7-5-8-15-12/h5,7-8,11,13H,3-4,6,9-10H2,1-2H3. The highest BCUT2D eigenvalue weighted by Crippen LogP contribution is 2.12. The zero-order valence-corrected chi connectivity index (χ0v) is 10.5. The number of rotatable bonds is 8. The Morgan fingerprint density at radius 1 is 1.47 bits per heavy atom. The van der Waals surface area contributed by atoms with Crippen molar-refractivity contribution in [1.82, 2.24) is 5.32 Å². The molecular weight excluding hydrogens is 206 g/mol. The minimum absolute atomic E-state index is 0.358. The molecule has 0 aliphatic heterocycles. The number of hydrogen-bond acceptors (Lipinski definition) is 3. The number of nitrogens with one attached hydrogen (secondary N) is 1. The summed E-state index contributed by atoms with van der Waals surface area (Å²) in [4.78, 5) is 1.31. The van der Waals surface area contributed by atoms with Gasteiger partial charge >= 0.3 is 0 Å². The van der Waals surface area contributed by atoms with Gasteiger partial charge in [-0.1, -0.05) is 26.3 Å². The van der Waals surface area contributed by atoms with Crippen molar-refractivity contribution in [3.05, 3.63) is 22.4 Å². The first-order chi connectivity index (χ1) is 7.36. The second-order valence-corrected chi connectivity index (χ2v) is 4.64. The first-order valence-corrected chi connectivity index (χ1v) is 6.59. The van der Waals surface area contributed by atoms with Crippen molar-refractivity contribution in [2.75, 3.05) is 13.1 Å². The summed E-state index contributed by atoms with van der Waals surface area (Å²) in [7, 11) is 0. The molecule has 1 rings (SSSR count). The van der Waals surface area contributed by atoms with E-state index in [1.165, 1.54) is 11.3 Å². The molecule has 0 bridgehead atoms. The Labute approximate surface area is 96.7 Å². The van der Waals surface area contributed by atoms with Crippen molar-refractivity contribution in [2.45, 2.75) is 39.4 Å². The van der Waals surface area contributed by atoms with Gasteiger partial charge in [-0.25, -0.2) is 0 Å². The lowest BCUT2D eigenvalue weighted by Crippen LogP contribution is -2.28. The summed E-state index contributed by atoms with van der Waals surface area (Å²) in [6.45, 7) is 7.07. The van der Waals surface area contributed by atoms with Crippen LogP contribution in [-0.4, -0.2) is 19.2 Å². The summed E-state index contributed by atoms with van der Waals surface area (Å²) in [6.07, 6.45) is 2.68. The summed E-state index contributed by atoms with van der Waals surface area (Å²) < 4.78 is 5.88. The Hall–Kier alpha value is -0.380. The van der Waals surface area contributed by atoms with Gasteiger partial charge in [0.15, 0.2) is 0 Å². The molecule has 0 aliphatic carbocycles. The molecule has 0 radical (unpaired) electrons. The zero-order chi connectivity index (χ0) is 10.9. The summed E-state index contributed by atoms with van der Waals surface area (Å²) in [6, 6.07) is 4.20. The third-order valence-corrected chi connectivity index (χ3v) is 3.12. The fourth-order valence-corrected chi connectivity index (χ4v) is 2.09. The lowest BCUT2D eigenvalue weighted by molar-refractivity contribution is 0.0366. The van der Waals surface area contributed by atoms with Gasteiger partial charge in [-0.2, -0.15) is 0 Å². The Kier molecular flexibility index (Phi) is 6.64. The van der Waals surface area contributed by atoms with Crippen LogP contribution in [0, 0.1) is 0 Å². The Morgan fingerprint density at radius 2 is 2.33 bits per heavy atom. The van der Waals surface area contributed by atoms with E-state index in [1.54, 1.807) is 11.3 Å². The van der Waals surface area contributed by atoms with Crippen LogP contribution in [0.5, 0.6) is 0 Å². The lowest BCUT2D eigenvalue weighted by Gasteiger charge is -2.16. The molecule has 1 aromatic heterocycles. The molecule has 1 aromatic rings. The van der Waals surface area contributed by atoms with Gasteiger partial charge in [-0.15, -0.1) is 11.3 Å². The van der Waals surface area contributed by atoms with E-state index in [-0.39, 0.29) is 0 Å². The first-order valence-electron chi connectivity index (χ1n) is 5.71. The topological polar surface area (TPSA) is 21.3 Å². The fraction of sp³-hybridized carbons (Fsp3) is 0.667. The third-order valence-electron chi connectivity index (χ3n) is 2.27. The highest BCUT2D eigenvalue weighted by molar-refractivity contribution is 7.09. The van der Waals surface area contributed by atoms with Crippen LogP contribution in [0.2, 0.25) is 0 Å². The van der Waals surface area contributed by atoms with Gasteiger partial charge in [0.1, 0.15) is 0 Å². The monoisotopic (exact) mass is 227 g/mol. The minimum atomic E-state index is 0.358. The maximum absolute atomic E-state index is 5.88. The van der Waals surface area contributed by atoms with Crippen molar-refractivity contribution < 1.29 is 4.74 Å². The molecule has 0 aliphatic rings. The number of thiophene rings is 1. The van der Waals surface area contributed by atoms with Crippen molar-refractivity contribution in [3.8, 4) is 0 Å². The van der Waals surface area contributed by atoms with Gasteiger partial charge in [0.05, 0.1) is 12.7 Å². The molecule has 3 heteroatoms. The molecule has 0 amide bonds. The van der Waals surface area contributed by atoms with Gasteiger partial charge < -0.3 is 10.1 Å². The number of likely N-dealkylation sites (N-methyl/N-ethyl adjacent to an activating group) is 1. The number of ether oxygens (including phenoxy) is 1. The largest absolute Gasteiger partial charge is 0.371 e. The number of hydrogen-bond donors (Lipinski definition) is 1. The average Bonchev–Trinajstić information content (AvgIpc) is 2.75. The van der Waals surface area contributed by atoms with Gasteiger partial charge in [0, 0.05) is 11.4 Å². The van der Waals surface area contributed by atoms with E-state index in [0.29, 0.717) is 6.10 Å². The Morgan fingerprint density at radius 3 is 2.93 bits per heavy atom. The van der Waals surface area contributed by atoms with Gasteiger partial charge in [-0.05, 0) is 24.4 Å². The van der Waals surface area contributed by atoms with E-state index in [9.17, 15) is 0 Å². The van der Waals surface area contributed by atoms with Gasteiger partial charge in [-0.3, -0.25) is 0 Å². The van der Waals surface area contributed by atoms with Crippen LogP contribution in [0.15, 0.2) is 17.5 Å². The van der Waals surface area contributed by atoms with Gasteiger partial charge in [0.25, 0.3) is 0 Å². The van der Waals surface area contributed by atoms with E-state index in [2.05, 4.69) is 36.7 Å². The molecule has 1 heterocycles. The second kappa shape index (κ2) is 7.85. The fourth-order valence-electron chi connectivity index (χ4n) is 1.47. The highest BCUT2D eigenvalue weighted by Gasteiger charge is 2.07. The maximum atomic E-state index is 5.88. The maximum Gasteiger partial charge on any atom is 0.0813 e. The predicted octanol–water partition coefficient (Wildman–Crippen LogP) is 3.04. The molecule has 1 unspecified atom stereocenters. The van der Waals surface area contributed by atoms with E-state index in [0.717, 1.165) is 26.1 Å². The highest BCUT2D eigenvalue weighted by atomic mass is 32.1. The third kappa shape index (κ3) is 5.30. The molecule has 1 N–H and O–H groups in total.